The number of unbranched alkanes of at least 4 members (excludes halogenated alkanes) is 2. The normalized spacial score (nSPS) is 23.1. The molecule has 252 valence electrons. The van der Waals surface area contributed by atoms with E-state index >= 15 is 0 Å². The summed E-state index contributed by atoms with van der Waals surface area (Å²) in [5, 5.41) is 9.32. The molecule has 1 aromatic rings. The van der Waals surface area contributed by atoms with Crippen LogP contribution in [0, 0.1) is 23.7 Å². The molecule has 0 aliphatic heterocycles. The Bertz CT molecular complexity index is 1040. The number of hydrogen-bond acceptors (Lipinski definition) is 6. The third kappa shape index (κ3) is 13.4. The number of ether oxygens (including phenoxy) is 3. The van der Waals surface area contributed by atoms with Gasteiger partial charge in [0.2, 0.25) is 0 Å². The van der Waals surface area contributed by atoms with E-state index in [0.717, 1.165) is 24.2 Å². The van der Waals surface area contributed by atoms with Crippen LogP contribution in [0.3, 0.4) is 0 Å². The lowest BCUT2D eigenvalue weighted by Gasteiger charge is -2.38. The number of aryl methyl sites for hydroxylation is 1. The Hall–Kier alpha value is -2.44. The van der Waals surface area contributed by atoms with E-state index in [4.69, 9.17) is 14.2 Å². The summed E-state index contributed by atoms with van der Waals surface area (Å²) in [6, 6.07) is 9.06. The topological polar surface area (TPSA) is 82.1 Å². The van der Waals surface area contributed by atoms with Crippen molar-refractivity contribution in [1.29, 1.82) is 0 Å². The molecule has 45 heavy (non-hydrogen) atoms. The Morgan fingerprint density at radius 1 is 0.867 bits per heavy atom. The number of esters is 2. The van der Waals surface area contributed by atoms with E-state index in [9.17, 15) is 14.7 Å². The van der Waals surface area contributed by atoms with Gasteiger partial charge in [0, 0.05) is 11.5 Å². The summed E-state index contributed by atoms with van der Waals surface area (Å²) in [7, 11) is 0. The number of carbonyl (C=O) groups is 2. The van der Waals surface area contributed by atoms with Gasteiger partial charge in [-0.25, -0.2) is 9.59 Å². The minimum absolute atomic E-state index is 0.00671. The van der Waals surface area contributed by atoms with Crippen molar-refractivity contribution < 1.29 is 28.9 Å². The molecule has 3 rings (SSSR count). The molecule has 0 radical (unpaired) electrons. The molecule has 2 saturated carbocycles. The largest absolute Gasteiger partial charge is 0.462 e. The van der Waals surface area contributed by atoms with E-state index in [-0.39, 0.29) is 37.9 Å². The van der Waals surface area contributed by atoms with Gasteiger partial charge in [-0.15, -0.1) is 0 Å². The molecular formula is C39H60O6. The van der Waals surface area contributed by atoms with E-state index < -0.39 is 18.0 Å². The Morgan fingerprint density at radius 2 is 1.47 bits per heavy atom. The molecule has 0 aromatic heterocycles. The maximum atomic E-state index is 12.4. The number of carbonyl (C=O) groups excluding carboxylic acids is 2. The van der Waals surface area contributed by atoms with E-state index in [0.29, 0.717) is 17.9 Å². The van der Waals surface area contributed by atoms with Crippen molar-refractivity contribution in [2.24, 2.45) is 23.7 Å². The van der Waals surface area contributed by atoms with Crippen LogP contribution in [0.4, 0.5) is 0 Å². The average Bonchev–Trinajstić information content (AvgIpc) is 3.04. The van der Waals surface area contributed by atoms with E-state index in [1.807, 2.05) is 0 Å². The van der Waals surface area contributed by atoms with Gasteiger partial charge in [-0.3, -0.25) is 0 Å². The lowest BCUT2D eigenvalue weighted by Crippen LogP contribution is -2.25. The molecular weight excluding hydrogens is 564 g/mol. The first-order valence-corrected chi connectivity index (χ1v) is 17.7. The first-order chi connectivity index (χ1) is 21.7. The van der Waals surface area contributed by atoms with Crippen molar-refractivity contribution in [3.63, 3.8) is 0 Å². The van der Waals surface area contributed by atoms with Gasteiger partial charge in [0.1, 0.15) is 0 Å². The highest BCUT2D eigenvalue weighted by atomic mass is 16.5. The van der Waals surface area contributed by atoms with Gasteiger partial charge in [0.25, 0.3) is 0 Å². The predicted molar refractivity (Wildman–Crippen MR) is 181 cm³/mol. The standard InChI is InChI=1S/C39H60O6/c1-6-7-8-9-31-12-16-34(17-13-31)36-20-22-37(23-21-36)35-18-14-32(15-19-35)10-11-33(26-44-38(41)28(2)3)27-45-39(42)29(4)24-43-25-30(5)40/h14-15,18-19,30-31,33-34,36-37,40H,2,4,6-13,16-17,20-27H2,1,3,5H3. The van der Waals surface area contributed by atoms with Gasteiger partial charge in [0.05, 0.1) is 38.1 Å². The zero-order valence-electron chi connectivity index (χ0n) is 28.4. The molecule has 0 saturated heterocycles. The van der Waals surface area contributed by atoms with Gasteiger partial charge in [-0.1, -0.05) is 82.9 Å². The summed E-state index contributed by atoms with van der Waals surface area (Å²) in [4.78, 5) is 24.4. The fraction of sp³-hybridized carbons (Fsp3) is 0.692. The molecule has 2 aliphatic carbocycles. The fourth-order valence-electron chi connectivity index (χ4n) is 7.12. The second-order valence-corrected chi connectivity index (χ2v) is 14.0. The Labute approximate surface area is 273 Å². The zero-order chi connectivity index (χ0) is 32.6. The highest BCUT2D eigenvalue weighted by molar-refractivity contribution is 5.88. The third-order valence-electron chi connectivity index (χ3n) is 10.0. The summed E-state index contributed by atoms with van der Waals surface area (Å²) in [6.45, 7) is 13.3. The molecule has 2 unspecified atom stereocenters. The van der Waals surface area contributed by atoms with Crippen LogP contribution in [-0.2, 0) is 30.2 Å². The quantitative estimate of drug-likeness (QED) is 0.0944. The van der Waals surface area contributed by atoms with E-state index in [2.05, 4.69) is 44.3 Å². The summed E-state index contributed by atoms with van der Waals surface area (Å²) in [5.74, 6) is 2.38. The monoisotopic (exact) mass is 624 g/mol. The summed E-state index contributed by atoms with van der Waals surface area (Å²) >= 11 is 0. The third-order valence-corrected chi connectivity index (χ3v) is 10.0. The Morgan fingerprint density at radius 3 is 2.04 bits per heavy atom. The average molecular weight is 625 g/mol. The number of aliphatic hydroxyl groups excluding tert-OH is 1. The second-order valence-electron chi connectivity index (χ2n) is 14.0. The lowest BCUT2D eigenvalue weighted by atomic mass is 9.68. The zero-order valence-corrected chi connectivity index (χ0v) is 28.4. The number of aliphatic hydroxyl groups is 1. The van der Waals surface area contributed by atoms with Crippen LogP contribution in [0.15, 0.2) is 48.6 Å². The maximum Gasteiger partial charge on any atom is 0.335 e. The van der Waals surface area contributed by atoms with Crippen molar-refractivity contribution in [2.75, 3.05) is 26.4 Å². The molecule has 0 spiro atoms. The first kappa shape index (κ1) is 37.0. The van der Waals surface area contributed by atoms with Crippen molar-refractivity contribution in [3.05, 3.63) is 59.7 Å². The summed E-state index contributed by atoms with van der Waals surface area (Å²) in [6.07, 6.45) is 17.7. The van der Waals surface area contributed by atoms with Crippen LogP contribution in [0.1, 0.15) is 121 Å². The molecule has 0 bridgehead atoms. The van der Waals surface area contributed by atoms with Gasteiger partial charge in [-0.05, 0) is 100 Å². The van der Waals surface area contributed by atoms with Crippen molar-refractivity contribution in [2.45, 2.75) is 123 Å². The molecule has 1 N–H and O–H groups in total. The van der Waals surface area contributed by atoms with Crippen LogP contribution in [0.5, 0.6) is 0 Å². The first-order valence-electron chi connectivity index (χ1n) is 17.7. The number of hydrogen-bond donors (Lipinski definition) is 1. The Kier molecular flexibility index (Phi) is 16.4. The molecule has 6 heteroatoms. The van der Waals surface area contributed by atoms with Gasteiger partial charge < -0.3 is 19.3 Å². The number of rotatable bonds is 19. The lowest BCUT2D eigenvalue weighted by molar-refractivity contribution is -0.144. The molecule has 0 amide bonds. The molecule has 2 aliphatic rings. The number of benzene rings is 1. The van der Waals surface area contributed by atoms with E-state index in [1.165, 1.54) is 88.2 Å². The van der Waals surface area contributed by atoms with Crippen LogP contribution in [0.25, 0.3) is 0 Å². The summed E-state index contributed by atoms with van der Waals surface area (Å²) in [5.41, 5.74) is 3.20. The second kappa shape index (κ2) is 19.9. The fourth-order valence-corrected chi connectivity index (χ4v) is 7.12. The summed E-state index contributed by atoms with van der Waals surface area (Å²) < 4.78 is 16.2. The van der Waals surface area contributed by atoms with Crippen molar-refractivity contribution >= 4 is 11.9 Å². The van der Waals surface area contributed by atoms with Gasteiger partial charge >= 0.3 is 11.9 Å². The van der Waals surface area contributed by atoms with Crippen LogP contribution >= 0.6 is 0 Å². The SMILES string of the molecule is C=C(C)C(=O)OCC(CCc1ccc(C2CCC(C3CCC(CCCCC)CC3)CC2)cc1)COC(=O)C(=C)COCC(C)O. The van der Waals surface area contributed by atoms with Crippen LogP contribution in [0.2, 0.25) is 0 Å². The molecule has 0 heterocycles. The minimum Gasteiger partial charge on any atom is -0.462 e. The maximum absolute atomic E-state index is 12.4. The van der Waals surface area contributed by atoms with Gasteiger partial charge in [-0.2, -0.15) is 0 Å². The molecule has 2 atom stereocenters. The minimum atomic E-state index is -0.621. The van der Waals surface area contributed by atoms with Crippen LogP contribution < -0.4 is 0 Å². The Balaban J connectivity index is 1.43. The van der Waals surface area contributed by atoms with Gasteiger partial charge in [0.15, 0.2) is 0 Å². The molecule has 1 aromatic carbocycles. The molecule has 6 nitrogen and oxygen atoms in total. The molecule has 2 fully saturated rings. The van der Waals surface area contributed by atoms with Crippen LogP contribution in [-0.4, -0.2) is 49.6 Å². The van der Waals surface area contributed by atoms with E-state index in [1.54, 1.807) is 13.8 Å². The van der Waals surface area contributed by atoms with Crippen molar-refractivity contribution in [1.82, 2.24) is 0 Å². The highest BCUT2D eigenvalue weighted by Gasteiger charge is 2.31. The van der Waals surface area contributed by atoms with Crippen molar-refractivity contribution in [3.8, 4) is 0 Å². The highest BCUT2D eigenvalue weighted by Crippen LogP contribution is 2.44. The smallest absolute Gasteiger partial charge is 0.335 e. The predicted octanol–water partition coefficient (Wildman–Crippen LogP) is 8.51.